The summed E-state index contributed by atoms with van der Waals surface area (Å²) in [5.41, 5.74) is 5.26. The lowest BCUT2D eigenvalue weighted by Gasteiger charge is -2.10. The molecule has 0 aliphatic rings. The molecule has 1 rings (SSSR count). The fourth-order valence-electron chi connectivity index (χ4n) is 1.52. The highest BCUT2D eigenvalue weighted by Crippen LogP contribution is 2.27. The van der Waals surface area contributed by atoms with Crippen molar-refractivity contribution < 1.29 is 19.1 Å². The molecule has 8 heteroatoms. The van der Waals surface area contributed by atoms with E-state index in [-0.39, 0.29) is 24.4 Å². The van der Waals surface area contributed by atoms with E-state index >= 15 is 0 Å². The van der Waals surface area contributed by atoms with Crippen LogP contribution in [0.2, 0.25) is 5.02 Å². The molecule has 0 aromatic heterocycles. The first-order valence-corrected chi connectivity index (χ1v) is 8.19. The Morgan fingerprint density at radius 2 is 2.04 bits per heavy atom. The smallest absolute Gasteiger partial charge is 0.372 e. The van der Waals surface area contributed by atoms with E-state index in [1.54, 1.807) is 12.1 Å². The van der Waals surface area contributed by atoms with Gasteiger partial charge in [0.1, 0.15) is 0 Å². The van der Waals surface area contributed by atoms with Crippen LogP contribution in [0.25, 0.3) is 0 Å². The van der Waals surface area contributed by atoms with Gasteiger partial charge in [0.15, 0.2) is 0 Å². The van der Waals surface area contributed by atoms with Gasteiger partial charge >= 0.3 is 5.30 Å². The number of primary amides is 1. The van der Waals surface area contributed by atoms with E-state index in [9.17, 15) is 14.4 Å². The summed E-state index contributed by atoms with van der Waals surface area (Å²) in [4.78, 5) is 35.1. The molecule has 0 heterocycles. The van der Waals surface area contributed by atoms with Gasteiger partial charge in [-0.3, -0.25) is 9.59 Å². The maximum Gasteiger partial charge on any atom is 0.372 e. The first kappa shape index (κ1) is 19.3. The van der Waals surface area contributed by atoms with Crippen LogP contribution in [0.15, 0.2) is 23.1 Å². The molecular formula is C15H19ClN2O4S. The van der Waals surface area contributed by atoms with Crippen molar-refractivity contribution in [2.75, 3.05) is 13.2 Å². The van der Waals surface area contributed by atoms with Gasteiger partial charge in [0.05, 0.1) is 12.2 Å². The number of hydrogen-bond acceptors (Lipinski definition) is 5. The number of nitrogens with one attached hydrogen (secondary N) is 1. The molecule has 0 unspecified atom stereocenters. The zero-order valence-corrected chi connectivity index (χ0v) is 14.5. The minimum atomic E-state index is -0.511. The molecule has 1 aromatic rings. The van der Waals surface area contributed by atoms with Gasteiger partial charge in [-0.05, 0) is 35.9 Å². The molecule has 0 aliphatic carbocycles. The number of nitrogens with two attached hydrogens (primary N) is 1. The number of carbonyl (C=O) groups excluding carboxylic acids is 3. The van der Waals surface area contributed by atoms with Gasteiger partial charge in [-0.15, -0.1) is 0 Å². The van der Waals surface area contributed by atoms with Crippen LogP contribution < -0.4 is 11.1 Å². The fourth-order valence-corrected chi connectivity index (χ4v) is 2.39. The van der Waals surface area contributed by atoms with Crippen molar-refractivity contribution in [2.24, 2.45) is 11.7 Å². The number of rotatable bonds is 7. The minimum Gasteiger partial charge on any atom is -0.457 e. The highest BCUT2D eigenvalue weighted by molar-refractivity contribution is 8.13. The van der Waals surface area contributed by atoms with E-state index in [0.717, 1.165) is 11.8 Å². The van der Waals surface area contributed by atoms with Crippen molar-refractivity contribution in [3.05, 3.63) is 28.8 Å². The summed E-state index contributed by atoms with van der Waals surface area (Å²) in [5, 5.41) is 2.43. The van der Waals surface area contributed by atoms with Crippen molar-refractivity contribution in [1.82, 2.24) is 5.32 Å². The molecule has 0 saturated carbocycles. The lowest BCUT2D eigenvalue weighted by molar-refractivity contribution is -0.117. The summed E-state index contributed by atoms with van der Waals surface area (Å²) in [6, 6.07) is 4.62. The Hall–Kier alpha value is -1.73. The van der Waals surface area contributed by atoms with Crippen LogP contribution in [0.3, 0.4) is 0 Å². The molecule has 23 heavy (non-hydrogen) atoms. The molecule has 2 amide bonds. The van der Waals surface area contributed by atoms with Crippen LogP contribution in [0, 0.1) is 5.92 Å². The molecule has 0 saturated heterocycles. The van der Waals surface area contributed by atoms with E-state index in [1.165, 1.54) is 6.07 Å². The van der Waals surface area contributed by atoms with Crippen molar-refractivity contribution in [3.8, 4) is 0 Å². The molecule has 1 aromatic carbocycles. The highest BCUT2D eigenvalue weighted by atomic mass is 35.5. The fraction of sp³-hybridized carbons (Fsp3) is 0.400. The van der Waals surface area contributed by atoms with Crippen molar-refractivity contribution in [3.63, 3.8) is 0 Å². The Balaban J connectivity index is 2.77. The molecule has 0 spiro atoms. The minimum absolute atomic E-state index is 0.0329. The SMILES string of the molecule is CC(C)COC(=O)Sc1ccc(Cl)cc1C(=O)NCCC(N)=O. The topological polar surface area (TPSA) is 98.5 Å². The number of hydrogen-bond donors (Lipinski definition) is 2. The number of ether oxygens (including phenoxy) is 1. The third-order valence-electron chi connectivity index (χ3n) is 2.57. The maximum atomic E-state index is 12.2. The Morgan fingerprint density at radius 3 is 2.65 bits per heavy atom. The highest BCUT2D eigenvalue weighted by Gasteiger charge is 2.16. The normalized spacial score (nSPS) is 10.4. The van der Waals surface area contributed by atoms with E-state index < -0.39 is 17.1 Å². The Morgan fingerprint density at radius 1 is 1.35 bits per heavy atom. The summed E-state index contributed by atoms with van der Waals surface area (Å²) < 4.78 is 5.08. The summed E-state index contributed by atoms with van der Waals surface area (Å²) in [6.45, 7) is 4.28. The Kier molecular flexibility index (Phi) is 7.91. The second-order valence-corrected chi connectivity index (χ2v) is 6.58. The van der Waals surface area contributed by atoms with Crippen molar-refractivity contribution in [2.45, 2.75) is 25.2 Å². The van der Waals surface area contributed by atoms with Gasteiger partial charge in [-0.1, -0.05) is 25.4 Å². The van der Waals surface area contributed by atoms with Crippen molar-refractivity contribution >= 4 is 40.5 Å². The van der Waals surface area contributed by atoms with Gasteiger partial charge in [-0.25, -0.2) is 4.79 Å². The lowest BCUT2D eigenvalue weighted by atomic mass is 10.2. The monoisotopic (exact) mass is 358 g/mol. The summed E-state index contributed by atoms with van der Waals surface area (Å²) in [6.07, 6.45) is 0.0329. The van der Waals surface area contributed by atoms with Gasteiger partial charge in [0, 0.05) is 22.9 Å². The molecular weight excluding hydrogens is 340 g/mol. The number of thioether (sulfide) groups is 1. The number of benzene rings is 1. The van der Waals surface area contributed by atoms with E-state index in [2.05, 4.69) is 5.32 Å². The number of halogens is 1. The van der Waals surface area contributed by atoms with Crippen molar-refractivity contribution in [1.29, 1.82) is 0 Å². The molecule has 126 valence electrons. The predicted octanol–water partition coefficient (Wildman–Crippen LogP) is 2.83. The van der Waals surface area contributed by atoms with Crippen LogP contribution in [0.4, 0.5) is 4.79 Å². The lowest BCUT2D eigenvalue weighted by Crippen LogP contribution is -2.28. The molecule has 0 fully saturated rings. The summed E-state index contributed by atoms with van der Waals surface area (Å²) >= 11 is 6.72. The van der Waals surface area contributed by atoms with Crippen LogP contribution >= 0.6 is 23.4 Å². The third kappa shape index (κ3) is 7.38. The first-order chi connectivity index (χ1) is 10.8. The molecule has 3 N–H and O–H groups in total. The molecule has 0 atom stereocenters. The molecule has 0 radical (unpaired) electrons. The Labute approximate surface area is 144 Å². The van der Waals surface area contributed by atoms with Gasteiger partial charge < -0.3 is 15.8 Å². The van der Waals surface area contributed by atoms with E-state index in [0.29, 0.717) is 16.5 Å². The van der Waals surface area contributed by atoms with Crippen LogP contribution in [0.1, 0.15) is 30.6 Å². The second-order valence-electron chi connectivity index (χ2n) is 5.17. The summed E-state index contributed by atoms with van der Waals surface area (Å²) in [7, 11) is 0. The van der Waals surface area contributed by atoms with Gasteiger partial charge in [-0.2, -0.15) is 0 Å². The Bertz CT molecular complexity index is 593. The van der Waals surface area contributed by atoms with Gasteiger partial charge in [0.2, 0.25) is 5.91 Å². The van der Waals surface area contributed by atoms with Crippen LogP contribution in [0.5, 0.6) is 0 Å². The average molecular weight is 359 g/mol. The number of amides is 2. The maximum absolute atomic E-state index is 12.2. The second kappa shape index (κ2) is 9.42. The molecule has 0 bridgehead atoms. The average Bonchev–Trinajstić information content (AvgIpc) is 2.46. The predicted molar refractivity (Wildman–Crippen MR) is 89.6 cm³/mol. The quantitative estimate of drug-likeness (QED) is 0.576. The molecule has 0 aliphatic heterocycles. The zero-order valence-electron chi connectivity index (χ0n) is 12.9. The zero-order chi connectivity index (χ0) is 17.4. The van der Waals surface area contributed by atoms with Gasteiger partial charge in [0.25, 0.3) is 5.91 Å². The van der Waals surface area contributed by atoms with E-state index in [4.69, 9.17) is 22.1 Å². The third-order valence-corrected chi connectivity index (χ3v) is 3.67. The largest absolute Gasteiger partial charge is 0.457 e. The van der Waals surface area contributed by atoms with E-state index in [1.807, 2.05) is 13.8 Å². The molecule has 6 nitrogen and oxygen atoms in total. The standard InChI is InChI=1S/C15H19ClN2O4S/c1-9(2)8-22-15(21)23-12-4-3-10(16)7-11(12)14(20)18-6-5-13(17)19/h3-4,7,9H,5-6,8H2,1-2H3,(H2,17,19)(H,18,20). The van der Waals surface area contributed by atoms with Crippen LogP contribution in [-0.4, -0.2) is 30.3 Å². The summed E-state index contributed by atoms with van der Waals surface area (Å²) in [5.74, 6) is -0.725. The first-order valence-electron chi connectivity index (χ1n) is 7.00. The number of carbonyl (C=O) groups is 3. The van der Waals surface area contributed by atoms with Crippen LogP contribution in [-0.2, 0) is 9.53 Å².